The standard InChI is InChI=1S/C9H10Br3NO2/c10-5-1-7(11)9(8(12)2-5)13-3-6(15)4-14/h1-2,6,13-15H,3-4H2/t6-/m0/s1. The third-order valence-electron chi connectivity index (χ3n) is 1.73. The van der Waals surface area contributed by atoms with Crippen molar-refractivity contribution >= 4 is 53.5 Å². The molecule has 1 aromatic rings. The maximum Gasteiger partial charge on any atom is 0.0942 e. The van der Waals surface area contributed by atoms with Crippen molar-refractivity contribution in [1.29, 1.82) is 0 Å². The fourth-order valence-corrected chi connectivity index (χ4v) is 3.53. The van der Waals surface area contributed by atoms with Crippen LogP contribution >= 0.6 is 47.8 Å². The van der Waals surface area contributed by atoms with E-state index in [-0.39, 0.29) is 6.61 Å². The molecule has 0 unspecified atom stereocenters. The van der Waals surface area contributed by atoms with Crippen LogP contribution in [0.2, 0.25) is 0 Å². The zero-order chi connectivity index (χ0) is 11.4. The molecule has 0 aliphatic heterocycles. The fraction of sp³-hybridized carbons (Fsp3) is 0.333. The molecule has 0 heterocycles. The van der Waals surface area contributed by atoms with Gasteiger partial charge in [-0.15, -0.1) is 0 Å². The Balaban J connectivity index is 2.77. The number of nitrogens with one attached hydrogen (secondary N) is 1. The lowest BCUT2D eigenvalue weighted by atomic mass is 10.3. The van der Waals surface area contributed by atoms with Gasteiger partial charge in [0.15, 0.2) is 0 Å². The van der Waals surface area contributed by atoms with Crippen LogP contribution in [0.3, 0.4) is 0 Å². The molecular formula is C9H10Br3NO2. The molecule has 1 aromatic carbocycles. The number of aliphatic hydroxyl groups excluding tert-OH is 2. The predicted molar refractivity (Wildman–Crippen MR) is 71.1 cm³/mol. The second-order valence-corrected chi connectivity index (χ2v) is 5.59. The zero-order valence-corrected chi connectivity index (χ0v) is 12.4. The molecule has 0 saturated heterocycles. The summed E-state index contributed by atoms with van der Waals surface area (Å²) in [5.41, 5.74) is 0.853. The SMILES string of the molecule is OC[C@@H](O)CNc1c(Br)cc(Br)cc1Br. The van der Waals surface area contributed by atoms with Gasteiger partial charge in [0.2, 0.25) is 0 Å². The first-order valence-electron chi connectivity index (χ1n) is 4.22. The Bertz CT molecular complexity index is 323. The second-order valence-electron chi connectivity index (χ2n) is 2.96. The van der Waals surface area contributed by atoms with Crippen LogP contribution in [0, 0.1) is 0 Å². The first-order valence-corrected chi connectivity index (χ1v) is 6.60. The van der Waals surface area contributed by atoms with E-state index in [4.69, 9.17) is 5.11 Å². The van der Waals surface area contributed by atoms with E-state index in [1.54, 1.807) is 0 Å². The van der Waals surface area contributed by atoms with Gasteiger partial charge in [0.1, 0.15) is 0 Å². The highest BCUT2D eigenvalue weighted by atomic mass is 79.9. The highest BCUT2D eigenvalue weighted by Crippen LogP contribution is 2.34. The minimum atomic E-state index is -0.757. The number of hydrogen-bond donors (Lipinski definition) is 3. The molecule has 0 aliphatic rings. The summed E-state index contributed by atoms with van der Waals surface area (Å²) in [6.07, 6.45) is -0.757. The van der Waals surface area contributed by atoms with Crippen molar-refractivity contribution in [3.05, 3.63) is 25.6 Å². The van der Waals surface area contributed by atoms with E-state index in [1.807, 2.05) is 12.1 Å². The average Bonchev–Trinajstić information content (AvgIpc) is 2.15. The summed E-state index contributed by atoms with van der Waals surface area (Å²) >= 11 is 10.2. The van der Waals surface area contributed by atoms with Crippen molar-refractivity contribution in [3.8, 4) is 0 Å². The van der Waals surface area contributed by atoms with Gasteiger partial charge in [0.05, 0.1) is 18.4 Å². The quantitative estimate of drug-likeness (QED) is 0.724. The third kappa shape index (κ3) is 4.03. The summed E-state index contributed by atoms with van der Waals surface area (Å²) in [7, 11) is 0. The molecule has 0 saturated carbocycles. The van der Waals surface area contributed by atoms with Crippen LogP contribution in [-0.2, 0) is 0 Å². The zero-order valence-electron chi connectivity index (χ0n) is 7.67. The Morgan fingerprint density at radius 1 is 1.20 bits per heavy atom. The van der Waals surface area contributed by atoms with Crippen LogP contribution < -0.4 is 5.32 Å². The summed E-state index contributed by atoms with van der Waals surface area (Å²) in [4.78, 5) is 0. The molecule has 1 rings (SSSR count). The lowest BCUT2D eigenvalue weighted by Crippen LogP contribution is -2.23. The second kappa shape index (κ2) is 6.20. The number of benzene rings is 1. The monoisotopic (exact) mass is 401 g/mol. The van der Waals surface area contributed by atoms with E-state index in [0.717, 1.165) is 19.1 Å². The molecule has 0 fully saturated rings. The topological polar surface area (TPSA) is 52.5 Å². The smallest absolute Gasteiger partial charge is 0.0942 e. The van der Waals surface area contributed by atoms with E-state index >= 15 is 0 Å². The van der Waals surface area contributed by atoms with Gasteiger partial charge in [-0.3, -0.25) is 0 Å². The minimum absolute atomic E-state index is 0.251. The molecule has 0 bridgehead atoms. The van der Waals surface area contributed by atoms with Crippen molar-refractivity contribution in [2.75, 3.05) is 18.5 Å². The van der Waals surface area contributed by atoms with Gasteiger partial charge in [-0.25, -0.2) is 0 Å². The van der Waals surface area contributed by atoms with E-state index in [9.17, 15) is 5.11 Å². The molecule has 0 radical (unpaired) electrons. The van der Waals surface area contributed by atoms with Crippen LogP contribution in [-0.4, -0.2) is 29.5 Å². The maximum atomic E-state index is 9.20. The molecule has 0 aromatic heterocycles. The van der Waals surface area contributed by atoms with Crippen LogP contribution in [0.15, 0.2) is 25.6 Å². The molecule has 0 spiro atoms. The van der Waals surface area contributed by atoms with Crippen molar-refractivity contribution < 1.29 is 10.2 Å². The summed E-state index contributed by atoms with van der Waals surface area (Å²) in [6.45, 7) is 0.0497. The van der Waals surface area contributed by atoms with Crippen molar-refractivity contribution in [2.24, 2.45) is 0 Å². The third-order valence-corrected chi connectivity index (χ3v) is 3.44. The number of anilines is 1. The summed E-state index contributed by atoms with van der Waals surface area (Å²) in [5.74, 6) is 0. The van der Waals surface area contributed by atoms with Gasteiger partial charge in [-0.05, 0) is 44.0 Å². The molecule has 0 aliphatic carbocycles. The van der Waals surface area contributed by atoms with E-state index < -0.39 is 6.10 Å². The van der Waals surface area contributed by atoms with E-state index in [2.05, 4.69) is 53.1 Å². The average molecular weight is 404 g/mol. The Kier molecular flexibility index (Phi) is 5.56. The van der Waals surface area contributed by atoms with Gasteiger partial charge in [0.25, 0.3) is 0 Å². The summed E-state index contributed by atoms with van der Waals surface area (Å²) < 4.78 is 2.72. The predicted octanol–water partition coefficient (Wildman–Crippen LogP) is 2.74. The normalized spacial score (nSPS) is 12.6. The summed E-state index contributed by atoms with van der Waals surface area (Å²) in [5, 5.41) is 20.9. The first kappa shape index (κ1) is 13.4. The molecule has 1 atom stereocenters. The number of rotatable bonds is 4. The minimum Gasteiger partial charge on any atom is -0.394 e. The molecular weight excluding hydrogens is 394 g/mol. The number of aliphatic hydroxyl groups is 2. The first-order chi connectivity index (χ1) is 7.04. The van der Waals surface area contributed by atoms with Crippen LogP contribution in [0.4, 0.5) is 5.69 Å². The Morgan fingerprint density at radius 2 is 1.73 bits per heavy atom. The van der Waals surface area contributed by atoms with E-state index in [1.165, 1.54) is 0 Å². The van der Waals surface area contributed by atoms with Gasteiger partial charge < -0.3 is 15.5 Å². The van der Waals surface area contributed by atoms with Crippen molar-refractivity contribution in [3.63, 3.8) is 0 Å². The highest BCUT2D eigenvalue weighted by molar-refractivity contribution is 9.11. The molecule has 84 valence electrons. The van der Waals surface area contributed by atoms with Crippen LogP contribution in [0.5, 0.6) is 0 Å². The molecule has 6 heteroatoms. The Labute approximate surface area is 113 Å². The van der Waals surface area contributed by atoms with Crippen molar-refractivity contribution in [1.82, 2.24) is 0 Å². The van der Waals surface area contributed by atoms with Gasteiger partial charge in [-0.1, -0.05) is 15.9 Å². The van der Waals surface area contributed by atoms with Crippen LogP contribution in [0.1, 0.15) is 0 Å². The fourth-order valence-electron chi connectivity index (χ4n) is 0.996. The van der Waals surface area contributed by atoms with Gasteiger partial charge in [-0.2, -0.15) is 0 Å². The molecule has 3 nitrogen and oxygen atoms in total. The maximum absolute atomic E-state index is 9.20. The Hall–Kier alpha value is 0.380. The number of halogens is 3. The largest absolute Gasteiger partial charge is 0.394 e. The molecule has 0 amide bonds. The van der Waals surface area contributed by atoms with E-state index in [0.29, 0.717) is 6.54 Å². The Morgan fingerprint density at radius 3 is 2.20 bits per heavy atom. The molecule has 15 heavy (non-hydrogen) atoms. The highest BCUT2D eigenvalue weighted by Gasteiger charge is 2.08. The summed E-state index contributed by atoms with van der Waals surface area (Å²) in [6, 6.07) is 3.80. The number of hydrogen-bond acceptors (Lipinski definition) is 3. The molecule has 3 N–H and O–H groups in total. The van der Waals surface area contributed by atoms with Gasteiger partial charge in [0, 0.05) is 20.0 Å². The lowest BCUT2D eigenvalue weighted by Gasteiger charge is -2.13. The lowest BCUT2D eigenvalue weighted by molar-refractivity contribution is 0.105. The van der Waals surface area contributed by atoms with Crippen LogP contribution in [0.25, 0.3) is 0 Å². The van der Waals surface area contributed by atoms with Crippen molar-refractivity contribution in [2.45, 2.75) is 6.10 Å². The van der Waals surface area contributed by atoms with Gasteiger partial charge >= 0.3 is 0 Å².